The molecule has 240 valence electrons. The number of benzene rings is 3. The second-order valence-corrected chi connectivity index (χ2v) is 15.2. The van der Waals surface area contributed by atoms with E-state index in [0.29, 0.717) is 28.6 Å². The number of amides is 1. The zero-order valence-electron chi connectivity index (χ0n) is 24.8. The Morgan fingerprint density at radius 3 is 2.37 bits per heavy atom. The Labute approximate surface area is 277 Å². The highest BCUT2D eigenvalue weighted by molar-refractivity contribution is 7.93. The first-order valence-electron chi connectivity index (χ1n) is 15.4. The largest absolute Gasteiger partial charge is 0.358 e. The minimum absolute atomic E-state index is 0.00462. The fourth-order valence-corrected chi connectivity index (χ4v) is 8.62. The molecule has 0 bridgehead atoms. The molecule has 9 nitrogen and oxygen atoms in total. The van der Waals surface area contributed by atoms with Crippen LogP contribution in [-0.4, -0.2) is 55.4 Å². The summed E-state index contributed by atoms with van der Waals surface area (Å²) in [6.07, 6.45) is 1.17. The lowest BCUT2D eigenvalue weighted by Crippen LogP contribution is -2.59. The van der Waals surface area contributed by atoms with Gasteiger partial charge >= 0.3 is 0 Å². The standard InChI is InChI=1S/C33H32Cl2FN5O4S/c34-23-12-10-21(11-13-23)31-32(22-4-3-5-24(35)16-22)45-30(17-25-18-37-39-38-25)33(42)41(31)29(20-8-9-20)19-40(46(43,44)26-14-15-26)28-7-2-1-6-27(28)36/h1-7,10-13,16,20,26,29-32H,8-9,14-15,17-19H2/t29-,30+,31-,32-/m1/s1. The summed E-state index contributed by atoms with van der Waals surface area (Å²) in [5.74, 6) is -0.942. The quantitative estimate of drug-likeness (QED) is 0.214. The van der Waals surface area contributed by atoms with Gasteiger partial charge in [0.25, 0.3) is 5.91 Å². The van der Waals surface area contributed by atoms with Crippen molar-refractivity contribution < 1.29 is 22.3 Å². The van der Waals surface area contributed by atoms with Crippen molar-refractivity contribution in [3.63, 3.8) is 0 Å². The van der Waals surface area contributed by atoms with Crippen molar-refractivity contribution in [2.24, 2.45) is 21.4 Å². The number of para-hydroxylation sites is 1. The topological polar surface area (TPSA) is 104 Å². The monoisotopic (exact) mass is 683 g/mol. The number of carbonyl (C=O) groups is 1. The maximum absolute atomic E-state index is 15.4. The first kappa shape index (κ1) is 31.2. The van der Waals surface area contributed by atoms with Gasteiger partial charge in [0, 0.05) is 16.5 Å². The zero-order chi connectivity index (χ0) is 32.0. The van der Waals surface area contributed by atoms with Gasteiger partial charge in [-0.3, -0.25) is 9.10 Å². The summed E-state index contributed by atoms with van der Waals surface area (Å²) >= 11 is 12.8. The highest BCUT2D eigenvalue weighted by atomic mass is 35.5. The smallest absolute Gasteiger partial charge is 0.253 e. The molecular formula is C33H32Cl2FN5O4S. The Hall–Kier alpha value is -3.38. The first-order valence-corrected chi connectivity index (χ1v) is 17.6. The number of morpholine rings is 1. The molecule has 13 heteroatoms. The molecule has 0 aromatic heterocycles. The Morgan fingerprint density at radius 1 is 0.957 bits per heavy atom. The van der Waals surface area contributed by atoms with E-state index in [2.05, 4.69) is 15.4 Å². The maximum Gasteiger partial charge on any atom is 0.253 e. The van der Waals surface area contributed by atoms with E-state index in [1.807, 2.05) is 30.3 Å². The summed E-state index contributed by atoms with van der Waals surface area (Å²) in [6.45, 7) is 0.170. The Bertz CT molecular complexity index is 1800. The van der Waals surface area contributed by atoms with Crippen molar-refractivity contribution in [3.05, 3.63) is 99.8 Å². The summed E-state index contributed by atoms with van der Waals surface area (Å²) < 4.78 is 51.2. The number of nitrogens with zero attached hydrogens (tertiary/aromatic N) is 5. The van der Waals surface area contributed by atoms with Crippen LogP contribution in [0.2, 0.25) is 10.0 Å². The summed E-state index contributed by atoms with van der Waals surface area (Å²) in [5, 5.41) is 12.2. The third-order valence-electron chi connectivity index (χ3n) is 8.99. The molecule has 0 radical (unpaired) electrons. The van der Waals surface area contributed by atoms with Gasteiger partial charge in [0.15, 0.2) is 0 Å². The van der Waals surface area contributed by atoms with E-state index in [1.165, 1.54) is 22.5 Å². The lowest BCUT2D eigenvalue weighted by atomic mass is 9.88. The molecule has 4 atom stereocenters. The molecule has 4 aliphatic rings. The van der Waals surface area contributed by atoms with E-state index < -0.39 is 45.4 Å². The average Bonchev–Trinajstić information content (AvgIpc) is 3.98. The Balaban J connectivity index is 1.37. The molecule has 2 aliphatic carbocycles. The normalized spacial score (nSPS) is 23.8. The first-order chi connectivity index (χ1) is 22.2. The van der Waals surface area contributed by atoms with Crippen molar-refractivity contribution in [2.75, 3.05) is 17.4 Å². The van der Waals surface area contributed by atoms with E-state index in [4.69, 9.17) is 27.9 Å². The zero-order valence-corrected chi connectivity index (χ0v) is 27.1. The van der Waals surface area contributed by atoms with E-state index >= 15 is 4.39 Å². The van der Waals surface area contributed by atoms with Crippen LogP contribution in [0.25, 0.3) is 0 Å². The van der Waals surface area contributed by atoms with Crippen molar-refractivity contribution in [2.45, 2.75) is 61.6 Å². The SMILES string of the molecule is O=C1[C@H](CC2=NN=NC2)O[C@H](c2cccc(Cl)c2)[C@@H](c2ccc(Cl)cc2)N1[C@H](CN(c1ccccc1F)S(=O)(=O)C1CC1)C1CC1. The van der Waals surface area contributed by atoms with Crippen molar-refractivity contribution in [1.82, 2.24) is 4.90 Å². The third kappa shape index (κ3) is 6.30. The number of sulfonamides is 1. The predicted octanol–water partition coefficient (Wildman–Crippen LogP) is 7.13. The van der Waals surface area contributed by atoms with Crippen molar-refractivity contribution in [1.29, 1.82) is 0 Å². The number of carbonyl (C=O) groups excluding carboxylic acids is 1. The molecule has 0 N–H and O–H groups in total. The molecule has 2 heterocycles. The Kier molecular flexibility index (Phi) is 8.60. The molecule has 2 aliphatic heterocycles. The molecule has 46 heavy (non-hydrogen) atoms. The number of hydrogen-bond acceptors (Lipinski definition) is 7. The Morgan fingerprint density at radius 2 is 1.72 bits per heavy atom. The second kappa shape index (κ2) is 12.7. The number of ether oxygens (including phenoxy) is 1. The van der Waals surface area contributed by atoms with Gasteiger partial charge in [0.2, 0.25) is 10.0 Å². The van der Waals surface area contributed by atoms with Crippen LogP contribution in [-0.2, 0) is 19.6 Å². The molecule has 2 saturated carbocycles. The van der Waals surface area contributed by atoms with Crippen LogP contribution < -0.4 is 4.31 Å². The van der Waals surface area contributed by atoms with Gasteiger partial charge < -0.3 is 9.64 Å². The minimum atomic E-state index is -3.91. The fraction of sp³-hybridized carbons (Fsp3) is 0.394. The van der Waals surface area contributed by atoms with Crippen molar-refractivity contribution in [3.8, 4) is 0 Å². The van der Waals surface area contributed by atoms with Crippen LogP contribution in [0.5, 0.6) is 0 Å². The number of halogens is 3. The van der Waals surface area contributed by atoms with Gasteiger partial charge in [-0.1, -0.05) is 59.6 Å². The van der Waals surface area contributed by atoms with Gasteiger partial charge in [0.1, 0.15) is 24.6 Å². The van der Waals surface area contributed by atoms with E-state index in [1.54, 1.807) is 29.2 Å². The van der Waals surface area contributed by atoms with E-state index in [9.17, 15) is 13.2 Å². The number of hydrogen-bond donors (Lipinski definition) is 0. The van der Waals surface area contributed by atoms with Gasteiger partial charge in [-0.25, -0.2) is 12.8 Å². The third-order valence-corrected chi connectivity index (χ3v) is 11.8. The van der Waals surface area contributed by atoms with Crippen LogP contribution in [0.1, 0.15) is 55.4 Å². The summed E-state index contributed by atoms with van der Waals surface area (Å²) in [4.78, 5) is 16.5. The lowest BCUT2D eigenvalue weighted by Gasteiger charge is -2.49. The summed E-state index contributed by atoms with van der Waals surface area (Å²) in [7, 11) is -3.91. The van der Waals surface area contributed by atoms with Gasteiger partial charge in [0.05, 0.1) is 35.3 Å². The van der Waals surface area contributed by atoms with Gasteiger partial charge in [-0.05, 0) is 84.3 Å². The van der Waals surface area contributed by atoms with E-state index in [0.717, 1.165) is 24.0 Å². The minimum Gasteiger partial charge on any atom is -0.358 e. The molecule has 7 rings (SSSR count). The molecule has 3 aromatic carbocycles. The average molecular weight is 685 g/mol. The van der Waals surface area contributed by atoms with Crippen molar-refractivity contribution >= 4 is 50.5 Å². The van der Waals surface area contributed by atoms with Crippen LogP contribution in [0.4, 0.5) is 10.1 Å². The van der Waals surface area contributed by atoms with Crippen LogP contribution >= 0.6 is 23.2 Å². The molecule has 3 fully saturated rings. The summed E-state index contributed by atoms with van der Waals surface area (Å²) in [5.41, 5.74) is 2.11. The molecular weight excluding hydrogens is 652 g/mol. The van der Waals surface area contributed by atoms with Crippen LogP contribution in [0, 0.1) is 11.7 Å². The van der Waals surface area contributed by atoms with Gasteiger partial charge in [-0.15, -0.1) is 5.10 Å². The second-order valence-electron chi connectivity index (χ2n) is 12.2. The van der Waals surface area contributed by atoms with Crippen LogP contribution in [0.15, 0.2) is 88.2 Å². The highest BCUT2D eigenvalue weighted by Gasteiger charge is 2.52. The lowest BCUT2D eigenvalue weighted by molar-refractivity contribution is -0.178. The summed E-state index contributed by atoms with van der Waals surface area (Å²) in [6, 6.07) is 19.2. The molecule has 1 amide bonds. The van der Waals surface area contributed by atoms with Gasteiger partial charge in [-0.2, -0.15) is 5.11 Å². The molecule has 3 aromatic rings. The van der Waals surface area contributed by atoms with E-state index in [-0.39, 0.29) is 37.0 Å². The fourth-order valence-electron chi connectivity index (χ4n) is 6.42. The number of rotatable bonds is 11. The molecule has 1 saturated heterocycles. The molecule has 0 unspecified atom stereocenters. The maximum atomic E-state index is 15.4. The highest BCUT2D eigenvalue weighted by Crippen LogP contribution is 2.49. The molecule has 0 spiro atoms. The predicted molar refractivity (Wildman–Crippen MR) is 174 cm³/mol. The number of anilines is 1. The van der Waals surface area contributed by atoms with Crippen LogP contribution in [0.3, 0.4) is 0 Å².